The predicted molar refractivity (Wildman–Crippen MR) is 137 cm³/mol. The van der Waals surface area contributed by atoms with Crippen molar-refractivity contribution in [1.29, 1.82) is 0 Å². The molecule has 0 aliphatic carbocycles. The number of anilines is 2. The predicted octanol–water partition coefficient (Wildman–Crippen LogP) is 6.10. The smallest absolute Gasteiger partial charge is 0.282 e. The van der Waals surface area contributed by atoms with Crippen molar-refractivity contribution in [3.63, 3.8) is 0 Å². The molecule has 1 aliphatic rings. The molecule has 174 valence electrons. The summed E-state index contributed by atoms with van der Waals surface area (Å²) in [6.45, 7) is 11.8. The Bertz CT molecular complexity index is 1300. The zero-order chi connectivity index (χ0) is 24.6. The average Bonchev–Trinajstić information content (AvgIpc) is 3.01. The molecular weight excluding hydrogens is 424 g/mol. The van der Waals surface area contributed by atoms with Gasteiger partial charge in [0.1, 0.15) is 11.4 Å². The highest BCUT2D eigenvalue weighted by Crippen LogP contribution is 2.36. The van der Waals surface area contributed by atoms with E-state index in [9.17, 15) is 9.59 Å². The topological polar surface area (TPSA) is 58.6 Å². The first-order valence-corrected chi connectivity index (χ1v) is 11.5. The summed E-state index contributed by atoms with van der Waals surface area (Å²) in [6, 6.07) is 19.1. The maximum absolute atomic E-state index is 13.8. The fourth-order valence-electron chi connectivity index (χ4n) is 4.15. The lowest BCUT2D eigenvalue weighted by atomic mass is 10.0. The van der Waals surface area contributed by atoms with E-state index in [-0.39, 0.29) is 23.6 Å². The summed E-state index contributed by atoms with van der Waals surface area (Å²) in [6.07, 6.45) is 0.0429. The number of rotatable bonds is 6. The molecule has 3 aromatic rings. The van der Waals surface area contributed by atoms with Gasteiger partial charge < -0.3 is 10.1 Å². The van der Waals surface area contributed by atoms with Gasteiger partial charge in [0.25, 0.3) is 11.8 Å². The molecule has 0 aromatic heterocycles. The highest BCUT2D eigenvalue weighted by Gasteiger charge is 2.41. The Morgan fingerprint density at radius 2 is 1.41 bits per heavy atom. The van der Waals surface area contributed by atoms with Crippen LogP contribution in [-0.2, 0) is 9.59 Å². The van der Waals surface area contributed by atoms with Gasteiger partial charge in [-0.05, 0) is 88.1 Å². The largest absolute Gasteiger partial charge is 0.491 e. The molecule has 5 heteroatoms. The number of benzene rings is 3. The third-order valence-electron chi connectivity index (χ3n) is 5.85. The molecular formula is C29H30N2O3. The minimum atomic E-state index is -0.365. The molecule has 4 rings (SSSR count). The van der Waals surface area contributed by atoms with E-state index < -0.39 is 0 Å². The van der Waals surface area contributed by atoms with E-state index >= 15 is 0 Å². The monoisotopic (exact) mass is 454 g/mol. The summed E-state index contributed by atoms with van der Waals surface area (Å²) in [7, 11) is 0. The Morgan fingerprint density at radius 3 is 2.06 bits per heavy atom. The van der Waals surface area contributed by atoms with E-state index in [0.717, 1.165) is 27.9 Å². The Morgan fingerprint density at radius 1 is 0.765 bits per heavy atom. The number of amides is 2. The van der Waals surface area contributed by atoms with Crippen LogP contribution in [0, 0.1) is 27.7 Å². The second-order valence-corrected chi connectivity index (χ2v) is 9.12. The van der Waals surface area contributed by atoms with Crippen molar-refractivity contribution < 1.29 is 14.3 Å². The van der Waals surface area contributed by atoms with Crippen molar-refractivity contribution in [1.82, 2.24) is 0 Å². The van der Waals surface area contributed by atoms with Crippen LogP contribution in [0.4, 0.5) is 11.4 Å². The first kappa shape index (κ1) is 23.3. The number of carbonyl (C=O) groups is 2. The van der Waals surface area contributed by atoms with Gasteiger partial charge in [-0.25, -0.2) is 4.90 Å². The van der Waals surface area contributed by atoms with Crippen LogP contribution in [0.1, 0.15) is 41.7 Å². The quantitative estimate of drug-likeness (QED) is 0.457. The number of hydrogen-bond donors (Lipinski definition) is 1. The van der Waals surface area contributed by atoms with Gasteiger partial charge in [0, 0.05) is 5.69 Å². The second-order valence-electron chi connectivity index (χ2n) is 9.12. The van der Waals surface area contributed by atoms with Crippen molar-refractivity contribution in [3.05, 3.63) is 94.2 Å². The maximum atomic E-state index is 13.8. The average molecular weight is 455 g/mol. The van der Waals surface area contributed by atoms with Crippen LogP contribution in [0.15, 0.2) is 66.4 Å². The van der Waals surface area contributed by atoms with Crippen LogP contribution in [0.2, 0.25) is 0 Å². The Kier molecular flexibility index (Phi) is 6.29. The van der Waals surface area contributed by atoms with Crippen LogP contribution >= 0.6 is 0 Å². The SMILES string of the molecule is Cc1ccc(NC2=C(c3ccc(OC(C)C)cc3)C(=O)N(c3cc(C)ccc3C)C2=O)c(C)c1. The van der Waals surface area contributed by atoms with Crippen molar-refractivity contribution in [3.8, 4) is 5.75 Å². The number of nitrogens with one attached hydrogen (secondary N) is 1. The molecule has 34 heavy (non-hydrogen) atoms. The van der Waals surface area contributed by atoms with Gasteiger partial charge in [-0.3, -0.25) is 9.59 Å². The number of ether oxygens (including phenoxy) is 1. The molecule has 0 saturated carbocycles. The lowest BCUT2D eigenvalue weighted by Gasteiger charge is -2.18. The zero-order valence-corrected chi connectivity index (χ0v) is 20.5. The summed E-state index contributed by atoms with van der Waals surface area (Å²) in [5, 5.41) is 3.28. The first-order chi connectivity index (χ1) is 16.2. The van der Waals surface area contributed by atoms with Crippen LogP contribution in [0.25, 0.3) is 5.57 Å². The van der Waals surface area contributed by atoms with Crippen molar-refractivity contribution in [2.75, 3.05) is 10.2 Å². The number of carbonyl (C=O) groups excluding carboxylic acids is 2. The van der Waals surface area contributed by atoms with Gasteiger partial charge in [0.2, 0.25) is 0 Å². The third-order valence-corrected chi connectivity index (χ3v) is 5.85. The standard InChI is InChI=1S/C29H30N2O3/c1-17(2)34-23-12-10-22(11-13-23)26-27(30-24-14-8-18(3)15-21(24)6)29(33)31(28(26)32)25-16-19(4)7-9-20(25)5/h7-17,30H,1-6H3. The van der Waals surface area contributed by atoms with Crippen molar-refractivity contribution in [2.24, 2.45) is 0 Å². The molecule has 2 amide bonds. The van der Waals surface area contributed by atoms with Crippen LogP contribution in [-0.4, -0.2) is 17.9 Å². The van der Waals surface area contributed by atoms with Crippen LogP contribution in [0.5, 0.6) is 5.75 Å². The minimum absolute atomic E-state index is 0.0429. The Hall–Kier alpha value is -3.86. The highest BCUT2D eigenvalue weighted by atomic mass is 16.5. The molecule has 5 nitrogen and oxygen atoms in total. The normalized spacial score (nSPS) is 13.8. The fourth-order valence-corrected chi connectivity index (χ4v) is 4.15. The van der Waals surface area contributed by atoms with E-state index in [1.807, 2.05) is 102 Å². The number of nitrogens with zero attached hydrogens (tertiary/aromatic N) is 1. The molecule has 0 radical (unpaired) electrons. The fraction of sp³-hybridized carbons (Fsp3) is 0.241. The number of aryl methyl sites for hydroxylation is 4. The summed E-state index contributed by atoms with van der Waals surface area (Å²) in [5.74, 6) is 0.00562. The van der Waals surface area contributed by atoms with E-state index in [4.69, 9.17) is 4.74 Å². The van der Waals surface area contributed by atoms with Gasteiger partial charge in [-0.15, -0.1) is 0 Å². The molecule has 0 spiro atoms. The van der Waals surface area contributed by atoms with Crippen LogP contribution in [0.3, 0.4) is 0 Å². The molecule has 3 aromatic carbocycles. The lowest BCUT2D eigenvalue weighted by Crippen LogP contribution is -2.33. The van der Waals surface area contributed by atoms with Crippen molar-refractivity contribution in [2.45, 2.75) is 47.6 Å². The van der Waals surface area contributed by atoms with E-state index in [1.165, 1.54) is 4.90 Å². The van der Waals surface area contributed by atoms with Gasteiger partial charge in [-0.2, -0.15) is 0 Å². The van der Waals surface area contributed by atoms with Gasteiger partial charge >= 0.3 is 0 Å². The van der Waals surface area contributed by atoms with Gasteiger partial charge in [0.05, 0.1) is 17.4 Å². The molecule has 0 unspecified atom stereocenters. The Balaban J connectivity index is 1.82. The van der Waals surface area contributed by atoms with E-state index in [2.05, 4.69) is 5.32 Å². The summed E-state index contributed by atoms with van der Waals surface area (Å²) in [4.78, 5) is 28.8. The molecule has 1 heterocycles. The molecule has 0 fully saturated rings. The Labute approximate surface area is 201 Å². The second kappa shape index (κ2) is 9.18. The highest BCUT2D eigenvalue weighted by molar-refractivity contribution is 6.46. The van der Waals surface area contributed by atoms with Crippen molar-refractivity contribution >= 4 is 28.8 Å². The maximum Gasteiger partial charge on any atom is 0.282 e. The summed E-state index contributed by atoms with van der Waals surface area (Å²) < 4.78 is 5.75. The molecule has 1 N–H and O–H groups in total. The molecule has 1 aliphatic heterocycles. The lowest BCUT2D eigenvalue weighted by molar-refractivity contribution is -0.120. The zero-order valence-electron chi connectivity index (χ0n) is 20.5. The summed E-state index contributed by atoms with van der Waals surface area (Å²) in [5.41, 5.74) is 6.65. The molecule has 0 atom stereocenters. The minimum Gasteiger partial charge on any atom is -0.491 e. The summed E-state index contributed by atoms with van der Waals surface area (Å²) >= 11 is 0. The number of imide groups is 1. The van der Waals surface area contributed by atoms with Crippen LogP contribution < -0.4 is 15.0 Å². The molecule has 0 bridgehead atoms. The van der Waals surface area contributed by atoms with E-state index in [0.29, 0.717) is 22.6 Å². The van der Waals surface area contributed by atoms with Gasteiger partial charge in [-0.1, -0.05) is 42.0 Å². The van der Waals surface area contributed by atoms with Gasteiger partial charge in [0.15, 0.2) is 0 Å². The van der Waals surface area contributed by atoms with E-state index in [1.54, 1.807) is 0 Å². The molecule has 0 saturated heterocycles. The third kappa shape index (κ3) is 4.46. The first-order valence-electron chi connectivity index (χ1n) is 11.5. The number of hydrogen-bond acceptors (Lipinski definition) is 4.